The molecule has 1 unspecified atom stereocenters. The van der Waals surface area contributed by atoms with E-state index in [1.54, 1.807) is 11.1 Å². The van der Waals surface area contributed by atoms with Crippen LogP contribution in [0.3, 0.4) is 0 Å². The molecule has 2 aliphatic rings. The third-order valence-corrected chi connectivity index (χ3v) is 11.0. The van der Waals surface area contributed by atoms with E-state index in [1.165, 1.54) is 62.5 Å². The van der Waals surface area contributed by atoms with Gasteiger partial charge in [0.25, 0.3) is 0 Å². The zero-order valence-corrected chi connectivity index (χ0v) is 22.8. The van der Waals surface area contributed by atoms with Crippen molar-refractivity contribution in [2.45, 2.75) is 108 Å². The van der Waals surface area contributed by atoms with Gasteiger partial charge in [-0.1, -0.05) is 80.4 Å². The smallest absolute Gasteiger partial charge is 0.0596 e. The van der Waals surface area contributed by atoms with Crippen molar-refractivity contribution in [3.05, 3.63) is 70.8 Å². The summed E-state index contributed by atoms with van der Waals surface area (Å²) >= 11 is 0. The fraction of sp³-hybridized carbons (Fsp3) is 0.613. The Bertz CT molecular complexity index is 807. The first kappa shape index (κ1) is 24.7. The van der Waals surface area contributed by atoms with Gasteiger partial charge in [-0.15, -0.1) is 0 Å². The van der Waals surface area contributed by atoms with Gasteiger partial charge in [-0.05, 0) is 97.8 Å². The molecule has 0 amide bonds. The van der Waals surface area contributed by atoms with Crippen molar-refractivity contribution in [2.24, 2.45) is 5.92 Å². The molecule has 0 heterocycles. The van der Waals surface area contributed by atoms with Crippen LogP contribution in [0.1, 0.15) is 98.8 Å². The highest BCUT2D eigenvalue weighted by atomic mass is 28.2. The minimum Gasteiger partial charge on any atom is -0.381 e. The van der Waals surface area contributed by atoms with E-state index >= 15 is 0 Å². The molecular weight excluding hydrogens is 416 g/mol. The Morgan fingerprint density at radius 1 is 0.727 bits per heavy atom. The summed E-state index contributed by atoms with van der Waals surface area (Å²) in [5.74, 6) is 2.32. The second-order valence-corrected chi connectivity index (χ2v) is 12.9. The van der Waals surface area contributed by atoms with Gasteiger partial charge in [0, 0.05) is 16.6 Å². The molecule has 0 bridgehead atoms. The fourth-order valence-electron chi connectivity index (χ4n) is 6.62. The number of rotatable bonds is 9. The maximum atomic E-state index is 5.71. The minimum absolute atomic E-state index is 0.206. The number of methoxy groups -OCH3 is 1. The molecule has 0 radical (unpaired) electrons. The highest BCUT2D eigenvalue weighted by Crippen LogP contribution is 2.39. The molecule has 2 heteroatoms. The maximum absolute atomic E-state index is 5.71. The van der Waals surface area contributed by atoms with Crippen LogP contribution < -0.4 is 0 Å². The van der Waals surface area contributed by atoms with Crippen LogP contribution in [0, 0.1) is 5.92 Å². The molecule has 180 valence electrons. The quantitative estimate of drug-likeness (QED) is 0.345. The Morgan fingerprint density at radius 2 is 1.18 bits per heavy atom. The van der Waals surface area contributed by atoms with Crippen LogP contribution in [0.25, 0.3) is 0 Å². The molecule has 2 aliphatic carbocycles. The van der Waals surface area contributed by atoms with Gasteiger partial charge in [0.05, 0.1) is 6.10 Å². The minimum atomic E-state index is 0.206. The van der Waals surface area contributed by atoms with E-state index in [0.29, 0.717) is 6.10 Å². The number of ether oxygens (including phenoxy) is 1. The third-order valence-electron chi connectivity index (χ3n) is 9.03. The molecule has 0 N–H and O–H groups in total. The molecule has 1 atom stereocenters. The third kappa shape index (κ3) is 6.60. The molecular formula is C31H46OSi. The summed E-state index contributed by atoms with van der Waals surface area (Å²) in [4.78, 5) is 0. The molecule has 0 spiro atoms. The first-order valence-corrected chi connectivity index (χ1v) is 16.1. The SMILES string of the molecule is CCC(OC)[C@H]1CC[C@H](c2ccc(CCc3ccc([C@H]4CC[C@H]([SiH2]C)CC4)cc3)cc2)CC1. The summed E-state index contributed by atoms with van der Waals surface area (Å²) in [6, 6.07) is 19.2. The number of hydrogen-bond acceptors (Lipinski definition) is 1. The number of hydrogen-bond donors (Lipinski definition) is 0. The van der Waals surface area contributed by atoms with E-state index in [-0.39, 0.29) is 9.52 Å². The molecule has 1 nitrogen and oxygen atoms in total. The van der Waals surface area contributed by atoms with Crippen molar-refractivity contribution < 1.29 is 4.74 Å². The van der Waals surface area contributed by atoms with Crippen LogP contribution in [0.15, 0.2) is 48.5 Å². The van der Waals surface area contributed by atoms with Gasteiger partial charge < -0.3 is 4.74 Å². The highest BCUT2D eigenvalue weighted by Gasteiger charge is 2.27. The molecule has 2 fully saturated rings. The van der Waals surface area contributed by atoms with E-state index in [9.17, 15) is 0 Å². The average molecular weight is 463 g/mol. The van der Waals surface area contributed by atoms with Crippen LogP contribution in [-0.4, -0.2) is 22.7 Å². The van der Waals surface area contributed by atoms with Crippen molar-refractivity contribution in [1.82, 2.24) is 0 Å². The van der Waals surface area contributed by atoms with Gasteiger partial charge in [-0.3, -0.25) is 0 Å². The number of benzene rings is 2. The van der Waals surface area contributed by atoms with E-state index in [0.717, 1.165) is 42.6 Å². The van der Waals surface area contributed by atoms with Crippen molar-refractivity contribution in [1.29, 1.82) is 0 Å². The number of aryl methyl sites for hydroxylation is 2. The standard InChI is InChI=1S/C31H46OSi/c1-4-31(32-2)29-17-15-27(16-18-29)25-11-7-23(8-12-25)5-6-24-9-13-26(14-10-24)28-19-21-30(33-3)22-20-28/h7-14,27-31H,4-6,15-22,33H2,1-3H3/t27-,28-,29-,30-,31?. The van der Waals surface area contributed by atoms with Gasteiger partial charge in [-0.2, -0.15) is 0 Å². The van der Waals surface area contributed by atoms with Gasteiger partial charge >= 0.3 is 0 Å². The second kappa shape index (κ2) is 12.4. The molecule has 0 saturated heterocycles. The van der Waals surface area contributed by atoms with Crippen LogP contribution in [0.5, 0.6) is 0 Å². The van der Waals surface area contributed by atoms with Gasteiger partial charge in [0.15, 0.2) is 0 Å². The molecule has 0 aromatic heterocycles. The summed E-state index contributed by atoms with van der Waals surface area (Å²) in [7, 11) is 2.09. The van der Waals surface area contributed by atoms with Crippen molar-refractivity contribution in [2.75, 3.05) is 7.11 Å². The average Bonchev–Trinajstić information content (AvgIpc) is 2.89. The highest BCUT2D eigenvalue weighted by molar-refractivity contribution is 6.35. The lowest BCUT2D eigenvalue weighted by Gasteiger charge is -2.33. The summed E-state index contributed by atoms with van der Waals surface area (Å²) in [5.41, 5.74) is 7.21. The predicted molar refractivity (Wildman–Crippen MR) is 145 cm³/mol. The Hall–Kier alpha value is -1.38. The Labute approximate surface area is 205 Å². The zero-order chi connectivity index (χ0) is 23.0. The summed E-state index contributed by atoms with van der Waals surface area (Å²) in [6.07, 6.45) is 15.0. The van der Waals surface area contributed by atoms with Gasteiger partial charge in [-0.25, -0.2) is 0 Å². The molecule has 4 rings (SSSR count). The van der Waals surface area contributed by atoms with E-state index in [4.69, 9.17) is 4.74 Å². The van der Waals surface area contributed by atoms with Crippen LogP contribution in [0.4, 0.5) is 0 Å². The van der Waals surface area contributed by atoms with E-state index in [2.05, 4.69) is 62.0 Å². The summed E-state index contributed by atoms with van der Waals surface area (Å²) in [6.45, 7) is 4.75. The second-order valence-electron chi connectivity index (χ2n) is 10.9. The summed E-state index contributed by atoms with van der Waals surface area (Å²) < 4.78 is 5.71. The molecule has 33 heavy (non-hydrogen) atoms. The van der Waals surface area contributed by atoms with E-state index in [1.807, 2.05) is 7.11 Å². The van der Waals surface area contributed by atoms with Crippen molar-refractivity contribution in [3.8, 4) is 0 Å². The molecule has 2 aromatic carbocycles. The first-order valence-electron chi connectivity index (χ1n) is 13.9. The molecule has 0 aliphatic heterocycles. The van der Waals surface area contributed by atoms with E-state index < -0.39 is 0 Å². The van der Waals surface area contributed by atoms with Crippen LogP contribution >= 0.6 is 0 Å². The van der Waals surface area contributed by atoms with Gasteiger partial charge in [0.1, 0.15) is 0 Å². The Morgan fingerprint density at radius 3 is 1.58 bits per heavy atom. The Balaban J connectivity index is 1.24. The topological polar surface area (TPSA) is 9.23 Å². The van der Waals surface area contributed by atoms with Crippen LogP contribution in [-0.2, 0) is 17.6 Å². The fourth-order valence-corrected chi connectivity index (χ4v) is 7.91. The lowest BCUT2D eigenvalue weighted by Crippen LogP contribution is -2.26. The predicted octanol–water partition coefficient (Wildman–Crippen LogP) is 7.83. The van der Waals surface area contributed by atoms with Crippen LogP contribution in [0.2, 0.25) is 12.1 Å². The lowest BCUT2D eigenvalue weighted by atomic mass is 9.76. The molecule has 2 aromatic rings. The zero-order valence-electron chi connectivity index (χ0n) is 21.4. The summed E-state index contributed by atoms with van der Waals surface area (Å²) in [5, 5.41) is 0. The normalized spacial score (nSPS) is 27.1. The van der Waals surface area contributed by atoms with Crippen molar-refractivity contribution >= 4 is 9.52 Å². The largest absolute Gasteiger partial charge is 0.381 e. The maximum Gasteiger partial charge on any atom is 0.0596 e. The Kier molecular flexibility index (Phi) is 9.26. The van der Waals surface area contributed by atoms with Gasteiger partial charge in [0.2, 0.25) is 0 Å². The van der Waals surface area contributed by atoms with Crippen molar-refractivity contribution in [3.63, 3.8) is 0 Å². The molecule has 2 saturated carbocycles. The lowest BCUT2D eigenvalue weighted by molar-refractivity contribution is 0.0316. The first-order chi connectivity index (χ1) is 16.2. The monoisotopic (exact) mass is 462 g/mol.